The molecule has 1 aromatic heterocycles. The van der Waals surface area contributed by atoms with Crippen LogP contribution in [0.4, 0.5) is 0 Å². The molecule has 3 rings (SSSR count). The number of rotatable bonds is 5. The van der Waals surface area contributed by atoms with E-state index in [1.807, 2.05) is 30.5 Å². The van der Waals surface area contributed by atoms with Crippen molar-refractivity contribution in [1.29, 1.82) is 0 Å². The van der Waals surface area contributed by atoms with Crippen LogP contribution in [0, 0.1) is 0 Å². The maximum absolute atomic E-state index is 5.22. The predicted molar refractivity (Wildman–Crippen MR) is 90.3 cm³/mol. The fourth-order valence-electron chi connectivity index (χ4n) is 2.63. The fraction of sp³-hybridized carbons (Fsp3) is 0.222. The maximum Gasteiger partial charge on any atom is 0.118 e. The van der Waals surface area contributed by atoms with Crippen molar-refractivity contribution in [2.75, 3.05) is 14.2 Å². The Balaban J connectivity index is 1.87. The van der Waals surface area contributed by atoms with Crippen molar-refractivity contribution < 1.29 is 4.74 Å². The highest BCUT2D eigenvalue weighted by atomic mass is 32.1. The first-order valence-electron chi connectivity index (χ1n) is 7.08. The molecule has 0 aliphatic carbocycles. The Hall–Kier alpha value is -1.84. The summed E-state index contributed by atoms with van der Waals surface area (Å²) in [6.45, 7) is 0. The zero-order chi connectivity index (χ0) is 14.7. The highest BCUT2D eigenvalue weighted by molar-refractivity contribution is 7.17. The zero-order valence-electron chi connectivity index (χ0n) is 12.3. The van der Waals surface area contributed by atoms with E-state index in [0.717, 1.165) is 12.2 Å². The third-order valence-corrected chi connectivity index (χ3v) is 4.82. The average Bonchev–Trinajstić information content (AvgIpc) is 2.97. The molecule has 21 heavy (non-hydrogen) atoms. The molecule has 2 aromatic carbocycles. The molecule has 0 amide bonds. The molecule has 1 atom stereocenters. The number of hydrogen-bond acceptors (Lipinski definition) is 3. The van der Waals surface area contributed by atoms with Crippen molar-refractivity contribution in [3.05, 3.63) is 65.0 Å². The first-order valence-corrected chi connectivity index (χ1v) is 7.96. The number of methoxy groups -OCH3 is 1. The molecule has 0 spiro atoms. The summed E-state index contributed by atoms with van der Waals surface area (Å²) in [5.41, 5.74) is 2.69. The van der Waals surface area contributed by atoms with Gasteiger partial charge in [0.25, 0.3) is 0 Å². The molecule has 2 nitrogen and oxygen atoms in total. The van der Waals surface area contributed by atoms with Gasteiger partial charge in [0.1, 0.15) is 5.75 Å². The number of hydrogen-bond donors (Lipinski definition) is 1. The van der Waals surface area contributed by atoms with Crippen molar-refractivity contribution >= 4 is 21.4 Å². The Kier molecular flexibility index (Phi) is 4.23. The third-order valence-electron chi connectivity index (χ3n) is 3.83. The summed E-state index contributed by atoms with van der Waals surface area (Å²) in [5.74, 6) is 0.903. The first kappa shape index (κ1) is 14.1. The van der Waals surface area contributed by atoms with Gasteiger partial charge in [-0.15, -0.1) is 11.3 Å². The molecular formula is C18H19NOS. The summed E-state index contributed by atoms with van der Waals surface area (Å²) in [6, 6.07) is 17.2. The van der Waals surface area contributed by atoms with Gasteiger partial charge in [0.05, 0.1) is 7.11 Å². The smallest absolute Gasteiger partial charge is 0.118 e. The fourth-order valence-corrected chi connectivity index (χ4v) is 3.65. The van der Waals surface area contributed by atoms with E-state index in [1.165, 1.54) is 21.2 Å². The van der Waals surface area contributed by atoms with E-state index in [2.05, 4.69) is 47.1 Å². The summed E-state index contributed by atoms with van der Waals surface area (Å²) in [5, 5.41) is 7.08. The second-order valence-electron chi connectivity index (χ2n) is 5.08. The van der Waals surface area contributed by atoms with Crippen LogP contribution in [0.25, 0.3) is 10.1 Å². The number of thiophene rings is 1. The lowest BCUT2D eigenvalue weighted by molar-refractivity contribution is 0.414. The van der Waals surface area contributed by atoms with Gasteiger partial charge in [0, 0.05) is 10.7 Å². The third kappa shape index (κ3) is 2.94. The van der Waals surface area contributed by atoms with Gasteiger partial charge in [-0.2, -0.15) is 0 Å². The quantitative estimate of drug-likeness (QED) is 0.753. The minimum atomic E-state index is 0.328. The van der Waals surface area contributed by atoms with E-state index in [0.29, 0.717) is 6.04 Å². The van der Waals surface area contributed by atoms with E-state index < -0.39 is 0 Å². The van der Waals surface area contributed by atoms with Gasteiger partial charge in [-0.1, -0.05) is 30.3 Å². The molecule has 0 fully saturated rings. The Bertz CT molecular complexity index is 717. The average molecular weight is 297 g/mol. The van der Waals surface area contributed by atoms with Gasteiger partial charge in [-0.05, 0) is 53.6 Å². The Morgan fingerprint density at radius 2 is 1.86 bits per heavy atom. The van der Waals surface area contributed by atoms with Crippen LogP contribution < -0.4 is 10.1 Å². The molecule has 0 bridgehead atoms. The molecule has 3 aromatic rings. The van der Waals surface area contributed by atoms with E-state index in [9.17, 15) is 0 Å². The van der Waals surface area contributed by atoms with E-state index in [1.54, 1.807) is 7.11 Å². The van der Waals surface area contributed by atoms with Crippen molar-refractivity contribution in [3.63, 3.8) is 0 Å². The maximum atomic E-state index is 5.22. The largest absolute Gasteiger partial charge is 0.497 e. The molecule has 1 heterocycles. The van der Waals surface area contributed by atoms with Crippen molar-refractivity contribution in [1.82, 2.24) is 5.32 Å². The van der Waals surface area contributed by atoms with Crippen LogP contribution in [0.3, 0.4) is 0 Å². The highest BCUT2D eigenvalue weighted by Crippen LogP contribution is 2.31. The molecule has 0 saturated heterocycles. The molecular weight excluding hydrogens is 278 g/mol. The predicted octanol–water partition coefficient (Wildman–Crippen LogP) is 4.41. The molecule has 0 aliphatic rings. The minimum Gasteiger partial charge on any atom is -0.497 e. The van der Waals surface area contributed by atoms with Crippen LogP contribution in [-0.4, -0.2) is 14.2 Å². The van der Waals surface area contributed by atoms with Gasteiger partial charge < -0.3 is 10.1 Å². The summed E-state index contributed by atoms with van der Waals surface area (Å²) < 4.78 is 6.57. The second-order valence-corrected chi connectivity index (χ2v) is 5.99. The van der Waals surface area contributed by atoms with Gasteiger partial charge >= 0.3 is 0 Å². The SMILES string of the molecule is CNC(Cc1ccc(OC)cc1)c1csc2ccccc12. The van der Waals surface area contributed by atoms with E-state index >= 15 is 0 Å². The Morgan fingerprint density at radius 1 is 1.10 bits per heavy atom. The van der Waals surface area contributed by atoms with Crippen LogP contribution in [0.1, 0.15) is 17.2 Å². The summed E-state index contributed by atoms with van der Waals surface area (Å²) in [6.07, 6.45) is 0.973. The molecule has 108 valence electrons. The van der Waals surface area contributed by atoms with E-state index in [-0.39, 0.29) is 0 Å². The van der Waals surface area contributed by atoms with Crippen LogP contribution in [0.2, 0.25) is 0 Å². The minimum absolute atomic E-state index is 0.328. The number of fused-ring (bicyclic) bond motifs is 1. The molecule has 1 N–H and O–H groups in total. The van der Waals surface area contributed by atoms with Gasteiger partial charge in [-0.3, -0.25) is 0 Å². The molecule has 0 saturated carbocycles. The monoisotopic (exact) mass is 297 g/mol. The standard InChI is InChI=1S/C18H19NOS/c1-19-17(11-13-7-9-14(20-2)10-8-13)16-12-21-18-6-4-3-5-15(16)18/h3-10,12,17,19H,11H2,1-2H3. The number of ether oxygens (including phenoxy) is 1. The lowest BCUT2D eigenvalue weighted by Gasteiger charge is -2.16. The summed E-state index contributed by atoms with van der Waals surface area (Å²) >= 11 is 1.81. The molecule has 3 heteroatoms. The van der Waals surface area contributed by atoms with Gasteiger partial charge in [0.15, 0.2) is 0 Å². The molecule has 1 unspecified atom stereocenters. The lowest BCUT2D eigenvalue weighted by Crippen LogP contribution is -2.18. The zero-order valence-corrected chi connectivity index (χ0v) is 13.1. The van der Waals surface area contributed by atoms with Gasteiger partial charge in [0.2, 0.25) is 0 Å². The van der Waals surface area contributed by atoms with Crippen LogP contribution >= 0.6 is 11.3 Å². The Morgan fingerprint density at radius 3 is 2.57 bits per heavy atom. The van der Waals surface area contributed by atoms with E-state index in [4.69, 9.17) is 4.74 Å². The van der Waals surface area contributed by atoms with Gasteiger partial charge in [-0.25, -0.2) is 0 Å². The van der Waals surface area contributed by atoms with Crippen molar-refractivity contribution in [3.8, 4) is 5.75 Å². The van der Waals surface area contributed by atoms with Crippen molar-refractivity contribution in [2.45, 2.75) is 12.5 Å². The number of likely N-dealkylation sites (N-methyl/N-ethyl adjacent to an activating group) is 1. The lowest BCUT2D eigenvalue weighted by atomic mass is 9.98. The second kappa shape index (κ2) is 6.29. The van der Waals surface area contributed by atoms with Crippen LogP contribution in [-0.2, 0) is 6.42 Å². The molecule has 0 aliphatic heterocycles. The summed E-state index contributed by atoms with van der Waals surface area (Å²) in [4.78, 5) is 0. The number of benzene rings is 2. The van der Waals surface area contributed by atoms with Crippen LogP contribution in [0.5, 0.6) is 5.75 Å². The first-order chi connectivity index (χ1) is 10.3. The normalized spacial score (nSPS) is 12.5. The molecule has 0 radical (unpaired) electrons. The highest BCUT2D eigenvalue weighted by Gasteiger charge is 2.14. The van der Waals surface area contributed by atoms with Crippen LogP contribution in [0.15, 0.2) is 53.9 Å². The Labute approximate surface area is 129 Å². The summed E-state index contributed by atoms with van der Waals surface area (Å²) in [7, 11) is 3.73. The van der Waals surface area contributed by atoms with Crippen molar-refractivity contribution in [2.24, 2.45) is 0 Å². The number of nitrogens with one attached hydrogen (secondary N) is 1. The topological polar surface area (TPSA) is 21.3 Å².